The van der Waals surface area contributed by atoms with Crippen LogP contribution in [-0.2, 0) is 0 Å². The Morgan fingerprint density at radius 1 is 0.560 bits per heavy atom. The molecule has 2 aromatic carbocycles. The van der Waals surface area contributed by atoms with Crippen molar-refractivity contribution in [2.75, 3.05) is 0 Å². The van der Waals surface area contributed by atoms with E-state index in [9.17, 15) is 35.9 Å². The van der Waals surface area contributed by atoms with Crippen LogP contribution in [0.3, 0.4) is 0 Å². The zero-order valence-electron chi connectivity index (χ0n) is 12.4. The van der Waals surface area contributed by atoms with Crippen LogP contribution in [0.25, 0.3) is 0 Å². The number of carbonyl (C=O) groups is 2. The van der Waals surface area contributed by atoms with Gasteiger partial charge in [0.2, 0.25) is 11.6 Å². The fraction of sp³-hybridized carbons (Fsp3) is 0.176. The van der Waals surface area contributed by atoms with E-state index in [1.54, 1.807) is 0 Å². The van der Waals surface area contributed by atoms with E-state index in [4.69, 9.17) is 0 Å². The van der Waals surface area contributed by atoms with Gasteiger partial charge in [-0.05, 0) is 0 Å². The minimum atomic E-state index is -6.22. The van der Waals surface area contributed by atoms with Gasteiger partial charge in [0, 0.05) is 11.1 Å². The van der Waals surface area contributed by atoms with E-state index in [1.165, 1.54) is 12.1 Å². The lowest BCUT2D eigenvalue weighted by Crippen LogP contribution is -2.60. The molecule has 0 bridgehead atoms. The molecule has 0 unspecified atom stereocenters. The summed E-state index contributed by atoms with van der Waals surface area (Å²) in [5.74, 6) is -22.8. The van der Waals surface area contributed by atoms with Crippen LogP contribution in [0.2, 0.25) is 0 Å². The third-order valence-electron chi connectivity index (χ3n) is 3.43. The van der Waals surface area contributed by atoms with Crippen LogP contribution in [0.4, 0.5) is 26.3 Å². The smallest absolute Gasteiger partial charge is 0.287 e. The summed E-state index contributed by atoms with van der Waals surface area (Å²) in [6.45, 7) is 0. The Morgan fingerprint density at radius 3 is 1.12 bits per heavy atom. The SMILES string of the molecule is O=C(c1ccccc1)C(F)(F)C(F)(F)C(F)(F)C(=O)c1ccccc1. The summed E-state index contributed by atoms with van der Waals surface area (Å²) in [6, 6.07) is 10.2. The van der Waals surface area contributed by atoms with Gasteiger partial charge >= 0.3 is 17.8 Å². The van der Waals surface area contributed by atoms with E-state index in [0.717, 1.165) is 48.5 Å². The average Bonchev–Trinajstić information content (AvgIpc) is 2.61. The van der Waals surface area contributed by atoms with E-state index >= 15 is 0 Å². The predicted octanol–water partition coefficient (Wildman–Crippen LogP) is 4.66. The van der Waals surface area contributed by atoms with Crippen molar-refractivity contribution in [3.8, 4) is 0 Å². The van der Waals surface area contributed by atoms with Gasteiger partial charge in [-0.15, -0.1) is 0 Å². The Labute approximate surface area is 138 Å². The summed E-state index contributed by atoms with van der Waals surface area (Å²) < 4.78 is 83.5. The van der Waals surface area contributed by atoms with Crippen molar-refractivity contribution in [2.45, 2.75) is 17.8 Å². The number of rotatable bonds is 6. The third kappa shape index (κ3) is 3.04. The lowest BCUT2D eigenvalue weighted by molar-refractivity contribution is -0.267. The van der Waals surface area contributed by atoms with E-state index in [-0.39, 0.29) is 0 Å². The second kappa shape index (κ2) is 6.34. The first kappa shape index (κ1) is 18.7. The lowest BCUT2D eigenvalue weighted by atomic mass is 9.92. The van der Waals surface area contributed by atoms with Crippen LogP contribution in [0.1, 0.15) is 20.7 Å². The maximum atomic E-state index is 13.9. The molecule has 0 aromatic heterocycles. The molecule has 0 fully saturated rings. The summed E-state index contributed by atoms with van der Waals surface area (Å²) >= 11 is 0. The maximum Gasteiger partial charge on any atom is 0.387 e. The summed E-state index contributed by atoms with van der Waals surface area (Å²) in [6.07, 6.45) is 0. The molecule has 2 aromatic rings. The molecule has 0 atom stereocenters. The van der Waals surface area contributed by atoms with Crippen molar-refractivity contribution in [2.24, 2.45) is 0 Å². The van der Waals surface area contributed by atoms with Crippen LogP contribution >= 0.6 is 0 Å². The normalized spacial score (nSPS) is 12.7. The molecule has 0 N–H and O–H groups in total. The first-order chi connectivity index (χ1) is 11.5. The topological polar surface area (TPSA) is 34.1 Å². The Kier molecular flexibility index (Phi) is 4.74. The number of halogens is 6. The van der Waals surface area contributed by atoms with Crippen molar-refractivity contribution in [1.82, 2.24) is 0 Å². The van der Waals surface area contributed by atoms with Gasteiger partial charge in [-0.3, -0.25) is 9.59 Å². The monoisotopic (exact) mass is 360 g/mol. The van der Waals surface area contributed by atoms with E-state index < -0.39 is 40.5 Å². The van der Waals surface area contributed by atoms with Crippen LogP contribution in [0.5, 0.6) is 0 Å². The number of ketones is 2. The Morgan fingerprint density at radius 2 is 0.840 bits per heavy atom. The molecule has 2 nitrogen and oxygen atoms in total. The second-order valence-electron chi connectivity index (χ2n) is 5.11. The van der Waals surface area contributed by atoms with Crippen molar-refractivity contribution >= 4 is 11.6 Å². The first-order valence-corrected chi connectivity index (χ1v) is 6.86. The lowest BCUT2D eigenvalue weighted by Gasteiger charge is -2.31. The summed E-state index contributed by atoms with van der Waals surface area (Å²) in [5, 5.41) is 0. The molecule has 0 aliphatic carbocycles. The fourth-order valence-electron chi connectivity index (χ4n) is 2.02. The van der Waals surface area contributed by atoms with Crippen molar-refractivity contribution in [1.29, 1.82) is 0 Å². The highest BCUT2D eigenvalue weighted by molar-refractivity contribution is 6.06. The fourth-order valence-corrected chi connectivity index (χ4v) is 2.02. The summed E-state index contributed by atoms with van der Waals surface area (Å²) in [5.41, 5.74) is -1.76. The molecule has 132 valence electrons. The molecular weight excluding hydrogens is 350 g/mol. The zero-order chi connectivity index (χ0) is 18.9. The van der Waals surface area contributed by atoms with Gasteiger partial charge in [0.1, 0.15) is 0 Å². The molecule has 0 spiro atoms. The van der Waals surface area contributed by atoms with Crippen molar-refractivity contribution in [3.05, 3.63) is 71.8 Å². The molecule has 0 saturated carbocycles. The third-order valence-corrected chi connectivity index (χ3v) is 3.43. The number of Topliss-reactive ketones (excluding diaryl/α,β-unsaturated/α-hetero) is 2. The standard InChI is InChI=1S/C17H10F6O2/c18-15(19,13(24)11-7-3-1-4-8-11)17(22,23)16(20,21)14(25)12-9-5-2-6-10-12/h1-10H. The van der Waals surface area contributed by atoms with Gasteiger partial charge in [0.15, 0.2) is 0 Å². The Hall–Kier alpha value is -2.64. The van der Waals surface area contributed by atoms with E-state index in [1.807, 2.05) is 0 Å². The van der Waals surface area contributed by atoms with E-state index in [2.05, 4.69) is 0 Å². The van der Waals surface area contributed by atoms with Gasteiger partial charge in [-0.1, -0.05) is 60.7 Å². The van der Waals surface area contributed by atoms with Crippen molar-refractivity contribution in [3.63, 3.8) is 0 Å². The van der Waals surface area contributed by atoms with E-state index in [0.29, 0.717) is 0 Å². The van der Waals surface area contributed by atoms with Gasteiger partial charge in [0.25, 0.3) is 0 Å². The molecule has 0 aliphatic heterocycles. The van der Waals surface area contributed by atoms with Gasteiger partial charge in [-0.25, -0.2) is 0 Å². The molecule has 0 radical (unpaired) electrons. The molecular formula is C17H10F6O2. The van der Waals surface area contributed by atoms with Crippen LogP contribution in [0.15, 0.2) is 60.7 Å². The number of alkyl halides is 6. The molecule has 2 rings (SSSR count). The van der Waals surface area contributed by atoms with Crippen molar-refractivity contribution < 1.29 is 35.9 Å². The van der Waals surface area contributed by atoms with Gasteiger partial charge < -0.3 is 0 Å². The first-order valence-electron chi connectivity index (χ1n) is 6.86. The minimum absolute atomic E-state index is 0.781. The Bertz CT molecular complexity index is 707. The molecule has 0 saturated heterocycles. The van der Waals surface area contributed by atoms with Crippen LogP contribution < -0.4 is 0 Å². The Balaban J connectivity index is 2.44. The highest BCUT2D eigenvalue weighted by atomic mass is 19.3. The van der Waals surface area contributed by atoms with Crippen LogP contribution in [-0.4, -0.2) is 29.3 Å². The number of benzene rings is 2. The average molecular weight is 360 g/mol. The highest BCUT2D eigenvalue weighted by Gasteiger charge is 2.77. The largest absolute Gasteiger partial charge is 0.387 e. The maximum absolute atomic E-state index is 13.9. The number of hydrogen-bond donors (Lipinski definition) is 0. The molecule has 0 heterocycles. The number of hydrogen-bond acceptors (Lipinski definition) is 2. The molecule has 0 amide bonds. The second-order valence-corrected chi connectivity index (χ2v) is 5.11. The summed E-state index contributed by atoms with van der Waals surface area (Å²) in [4.78, 5) is 23.3. The van der Waals surface area contributed by atoms with Gasteiger partial charge in [-0.2, -0.15) is 26.3 Å². The van der Waals surface area contributed by atoms with Crippen LogP contribution in [0, 0.1) is 0 Å². The predicted molar refractivity (Wildman–Crippen MR) is 76.4 cm³/mol. The van der Waals surface area contributed by atoms with Gasteiger partial charge in [0.05, 0.1) is 0 Å². The highest BCUT2D eigenvalue weighted by Crippen LogP contribution is 2.48. The summed E-state index contributed by atoms with van der Waals surface area (Å²) in [7, 11) is 0. The number of carbonyl (C=O) groups excluding carboxylic acids is 2. The molecule has 0 aliphatic rings. The molecule has 8 heteroatoms. The minimum Gasteiger partial charge on any atom is -0.287 e. The zero-order valence-corrected chi connectivity index (χ0v) is 12.4. The molecule has 25 heavy (non-hydrogen) atoms. The quantitative estimate of drug-likeness (QED) is 0.555.